The highest BCUT2D eigenvalue weighted by Gasteiger charge is 2.36. The molecule has 0 bridgehead atoms. The van der Waals surface area contributed by atoms with Crippen LogP contribution in [0.5, 0.6) is 0 Å². The van der Waals surface area contributed by atoms with Crippen molar-refractivity contribution >= 4 is 0 Å². The minimum Gasteiger partial charge on any atom is -0.0776 e. The van der Waals surface area contributed by atoms with Gasteiger partial charge >= 0.3 is 0 Å². The van der Waals surface area contributed by atoms with E-state index in [1.165, 1.54) is 6.42 Å². The van der Waals surface area contributed by atoms with Crippen LogP contribution in [-0.4, -0.2) is 0 Å². The molecular formula is C26H60. The summed E-state index contributed by atoms with van der Waals surface area (Å²) in [6.45, 7) is 33.3. The Morgan fingerprint density at radius 2 is 0.808 bits per heavy atom. The highest BCUT2D eigenvalue weighted by atomic mass is 14.4. The van der Waals surface area contributed by atoms with Gasteiger partial charge < -0.3 is 0 Å². The minimum absolute atomic E-state index is 0. The van der Waals surface area contributed by atoms with E-state index in [2.05, 4.69) is 83.1 Å². The van der Waals surface area contributed by atoms with E-state index in [9.17, 15) is 0 Å². The van der Waals surface area contributed by atoms with Crippen LogP contribution < -0.4 is 0 Å². The lowest BCUT2D eigenvalue weighted by Gasteiger charge is -2.42. The fraction of sp³-hybridized carbons (Fsp3) is 1.00. The van der Waals surface area contributed by atoms with Crippen molar-refractivity contribution in [3.8, 4) is 0 Å². The first-order chi connectivity index (χ1) is 10.9. The predicted octanol–water partition coefficient (Wildman–Crippen LogP) is 9.83. The van der Waals surface area contributed by atoms with E-state index in [0.29, 0.717) is 5.41 Å². The van der Waals surface area contributed by atoms with Gasteiger partial charge in [-0.25, -0.2) is 0 Å². The molecule has 26 heavy (non-hydrogen) atoms. The Balaban J connectivity index is -0.000000582. The molecule has 0 spiro atoms. The van der Waals surface area contributed by atoms with Crippen LogP contribution in [0.25, 0.3) is 0 Å². The van der Waals surface area contributed by atoms with Crippen LogP contribution in [0.3, 0.4) is 0 Å². The summed E-state index contributed by atoms with van der Waals surface area (Å²) in [4.78, 5) is 0. The first-order valence-electron chi connectivity index (χ1n) is 10.9. The Kier molecular flexibility index (Phi) is 19.3. The molecule has 7 atom stereocenters. The molecule has 0 saturated heterocycles. The van der Waals surface area contributed by atoms with Crippen LogP contribution in [0.1, 0.15) is 118 Å². The zero-order valence-electron chi connectivity index (χ0n) is 19.8. The molecule has 0 heteroatoms. The first-order valence-corrected chi connectivity index (χ1v) is 10.9. The van der Waals surface area contributed by atoms with E-state index in [1.54, 1.807) is 0 Å². The van der Waals surface area contributed by atoms with Gasteiger partial charge in [0.25, 0.3) is 0 Å². The maximum Gasteiger partial charge on any atom is -0.0329 e. The van der Waals surface area contributed by atoms with E-state index in [-0.39, 0.29) is 14.9 Å². The van der Waals surface area contributed by atoms with Crippen molar-refractivity contribution in [1.82, 2.24) is 0 Å². The fourth-order valence-corrected chi connectivity index (χ4v) is 4.01. The summed E-state index contributed by atoms with van der Waals surface area (Å²) in [5.74, 6) is 6.35. The Morgan fingerprint density at radius 1 is 0.538 bits per heavy atom. The predicted molar refractivity (Wildman–Crippen MR) is 128 cm³/mol. The molecule has 0 aliphatic rings. The third kappa shape index (κ3) is 9.27. The molecule has 0 aromatic rings. The van der Waals surface area contributed by atoms with Gasteiger partial charge in [-0.05, 0) is 52.8 Å². The van der Waals surface area contributed by atoms with Gasteiger partial charge in [0.05, 0.1) is 0 Å². The molecule has 0 radical (unpaired) electrons. The number of hydrogen-bond donors (Lipinski definition) is 0. The molecule has 0 fully saturated rings. The molecule has 0 N–H and O–H groups in total. The maximum atomic E-state index is 2.50. The van der Waals surface area contributed by atoms with Crippen LogP contribution in [0.15, 0.2) is 0 Å². The van der Waals surface area contributed by atoms with E-state index >= 15 is 0 Å². The highest BCUT2D eigenvalue weighted by molar-refractivity contribution is 4.84. The van der Waals surface area contributed by atoms with Crippen molar-refractivity contribution in [2.45, 2.75) is 118 Å². The second kappa shape index (κ2) is 15.0. The van der Waals surface area contributed by atoms with Crippen LogP contribution in [0.2, 0.25) is 0 Å². The lowest BCUT2D eigenvalue weighted by molar-refractivity contribution is 0.0647. The van der Waals surface area contributed by atoms with Gasteiger partial charge in [0, 0.05) is 0 Å². The topological polar surface area (TPSA) is 0 Å². The molecule has 0 saturated carbocycles. The monoisotopic (exact) mass is 372 g/mol. The SMILES string of the molecule is C.C.CC.CCC(C)(C)C(C)C(C)C(C)C(C)C(C)C(C)C(C)C(C)C. The molecule has 0 aromatic carbocycles. The van der Waals surface area contributed by atoms with Crippen LogP contribution >= 0.6 is 0 Å². The van der Waals surface area contributed by atoms with E-state index in [4.69, 9.17) is 0 Å². The summed E-state index contributed by atoms with van der Waals surface area (Å²) in [7, 11) is 0. The van der Waals surface area contributed by atoms with Gasteiger partial charge in [-0.15, -0.1) is 0 Å². The minimum atomic E-state index is 0. The summed E-state index contributed by atoms with van der Waals surface area (Å²) in [5, 5.41) is 0. The Morgan fingerprint density at radius 3 is 1.08 bits per heavy atom. The van der Waals surface area contributed by atoms with Gasteiger partial charge in [-0.3, -0.25) is 0 Å². The number of rotatable bonds is 9. The normalized spacial score (nSPS) is 19.5. The Labute approximate surface area is 171 Å². The molecule has 0 aromatic heterocycles. The van der Waals surface area contributed by atoms with Crippen molar-refractivity contribution in [2.24, 2.45) is 52.8 Å². The number of hydrogen-bond acceptors (Lipinski definition) is 0. The van der Waals surface area contributed by atoms with Crippen LogP contribution in [0.4, 0.5) is 0 Å². The Hall–Kier alpha value is 0. The van der Waals surface area contributed by atoms with Crippen LogP contribution in [-0.2, 0) is 0 Å². The first kappa shape index (κ1) is 33.6. The van der Waals surface area contributed by atoms with E-state index < -0.39 is 0 Å². The van der Waals surface area contributed by atoms with Gasteiger partial charge in [0.1, 0.15) is 0 Å². The van der Waals surface area contributed by atoms with Gasteiger partial charge in [0.15, 0.2) is 0 Å². The van der Waals surface area contributed by atoms with Crippen molar-refractivity contribution in [1.29, 1.82) is 0 Å². The molecule has 0 nitrogen and oxygen atoms in total. The van der Waals surface area contributed by atoms with Gasteiger partial charge in [-0.1, -0.05) is 118 Å². The summed E-state index contributed by atoms with van der Waals surface area (Å²) in [6, 6.07) is 0. The quantitative estimate of drug-likeness (QED) is 0.377. The molecule has 0 heterocycles. The van der Waals surface area contributed by atoms with Crippen molar-refractivity contribution < 1.29 is 0 Å². The summed E-state index contributed by atoms with van der Waals surface area (Å²) < 4.78 is 0. The zero-order chi connectivity index (χ0) is 19.8. The third-order valence-electron chi connectivity index (χ3n) is 8.13. The van der Waals surface area contributed by atoms with Gasteiger partial charge in [-0.2, -0.15) is 0 Å². The Bertz CT molecular complexity index is 301. The van der Waals surface area contributed by atoms with Crippen molar-refractivity contribution in [3.63, 3.8) is 0 Å². The average molecular weight is 373 g/mol. The van der Waals surface area contributed by atoms with E-state index in [0.717, 1.165) is 47.3 Å². The second-order valence-corrected chi connectivity index (χ2v) is 9.53. The zero-order valence-corrected chi connectivity index (χ0v) is 19.8. The third-order valence-corrected chi connectivity index (χ3v) is 8.13. The fourth-order valence-electron chi connectivity index (χ4n) is 4.01. The maximum absolute atomic E-state index is 2.50. The largest absolute Gasteiger partial charge is 0.0776 e. The molecular weight excluding hydrogens is 312 g/mol. The summed E-state index contributed by atoms with van der Waals surface area (Å²) in [5.41, 5.74) is 0.452. The summed E-state index contributed by atoms with van der Waals surface area (Å²) >= 11 is 0. The molecule has 164 valence electrons. The molecule has 0 aliphatic heterocycles. The highest BCUT2D eigenvalue weighted by Crippen LogP contribution is 2.43. The standard InChI is InChI=1S/C22H46.C2H6.2CH4/c1-13-22(11,12)21(10)20(9)19(8)18(7)17(6)16(5)15(4)14(2)3;1-2;;/h14-21H,13H2,1-12H3;1-2H3;2*1H4. The molecule has 0 aliphatic carbocycles. The lowest BCUT2D eigenvalue weighted by atomic mass is 9.63. The lowest BCUT2D eigenvalue weighted by Crippen LogP contribution is -2.35. The summed E-state index contributed by atoms with van der Waals surface area (Å²) in [6.07, 6.45) is 1.27. The smallest absolute Gasteiger partial charge is 0.0329 e. The van der Waals surface area contributed by atoms with E-state index in [1.807, 2.05) is 13.8 Å². The molecule has 0 amide bonds. The van der Waals surface area contributed by atoms with Crippen LogP contribution in [0, 0.1) is 52.8 Å². The van der Waals surface area contributed by atoms with Crippen molar-refractivity contribution in [2.75, 3.05) is 0 Å². The molecule has 0 rings (SSSR count). The molecule has 7 unspecified atom stereocenters. The average Bonchev–Trinajstić information content (AvgIpc) is 2.58. The van der Waals surface area contributed by atoms with Crippen molar-refractivity contribution in [3.05, 3.63) is 0 Å². The van der Waals surface area contributed by atoms with Gasteiger partial charge in [0.2, 0.25) is 0 Å². The second-order valence-electron chi connectivity index (χ2n) is 9.53.